The van der Waals surface area contributed by atoms with Crippen LogP contribution in [0.3, 0.4) is 0 Å². The van der Waals surface area contributed by atoms with E-state index in [1.54, 1.807) is 6.33 Å². The molecule has 239 valence electrons. The fourth-order valence-electron chi connectivity index (χ4n) is 4.78. The van der Waals surface area contributed by atoms with Crippen LogP contribution in [0.4, 0.5) is 0 Å². The second kappa shape index (κ2) is 14.9. The number of hydrogen-bond donors (Lipinski definition) is 1. The summed E-state index contributed by atoms with van der Waals surface area (Å²) < 4.78 is 17.3. The number of aliphatic hydroxyl groups excluding tert-OH is 1. The van der Waals surface area contributed by atoms with Gasteiger partial charge in [-0.25, -0.2) is 4.98 Å². The van der Waals surface area contributed by atoms with Crippen LogP contribution < -0.4 is 0 Å². The Morgan fingerprint density at radius 3 is 2.14 bits per heavy atom. The van der Waals surface area contributed by atoms with Gasteiger partial charge in [-0.2, -0.15) is 0 Å². The van der Waals surface area contributed by atoms with Crippen molar-refractivity contribution >= 4 is 27.5 Å². The molecule has 0 bridgehead atoms. The molecular weight excluding hydrogens is 721 g/mol. The number of aryl methyl sites for hydroxylation is 2. The second-order valence-electron chi connectivity index (χ2n) is 13.4. The predicted molar refractivity (Wildman–Crippen MR) is 183 cm³/mol. The van der Waals surface area contributed by atoms with Crippen molar-refractivity contribution in [3.8, 4) is 11.3 Å². The topological polar surface area (TPSA) is 63.1 Å². The third kappa shape index (κ3) is 8.43. The molecule has 0 spiro atoms. The Morgan fingerprint density at radius 2 is 1.59 bits per heavy atom. The molecule has 1 N–H and O–H groups in total. The van der Waals surface area contributed by atoms with Gasteiger partial charge >= 0.3 is 0 Å². The molecule has 1 aromatic heterocycles. The average molecular weight is 774 g/mol. The van der Waals surface area contributed by atoms with Crippen LogP contribution in [0, 0.1) is 30.7 Å². The normalized spacial score (nSPS) is 13.5. The van der Waals surface area contributed by atoms with E-state index < -0.39 is 11.8 Å². The number of aliphatic hydroxyl groups is 1. The number of aromatic nitrogens is 2. The molecule has 3 aromatic carbocycles. The van der Waals surface area contributed by atoms with Crippen molar-refractivity contribution in [2.45, 2.75) is 108 Å². The summed E-state index contributed by atoms with van der Waals surface area (Å²) in [4.78, 5) is 21.1. The van der Waals surface area contributed by atoms with Gasteiger partial charge in [0.1, 0.15) is 12.1 Å². The van der Waals surface area contributed by atoms with Crippen LogP contribution >= 0.6 is 0 Å². The van der Waals surface area contributed by atoms with Crippen LogP contribution in [0.2, 0.25) is 0 Å². The molecule has 0 aliphatic carbocycles. The van der Waals surface area contributed by atoms with Crippen molar-refractivity contribution < 1.29 is 32.7 Å². The Labute approximate surface area is 282 Å². The van der Waals surface area contributed by atoms with Gasteiger partial charge in [-0.05, 0) is 52.2 Å². The molecule has 44 heavy (non-hydrogen) atoms. The second-order valence-corrected chi connectivity index (χ2v) is 13.4. The molecule has 4 aromatic rings. The molecule has 0 fully saturated rings. The number of carbonyl (C=O) groups excluding carboxylic acids is 1. The monoisotopic (exact) mass is 774 g/mol. The minimum absolute atomic E-state index is 0. The molecule has 0 unspecified atom stereocenters. The smallest absolute Gasteiger partial charge is 0.164 e. The molecule has 1 radical (unpaired) electrons. The first-order valence-corrected chi connectivity index (χ1v) is 15.3. The van der Waals surface area contributed by atoms with Gasteiger partial charge in [-0.15, -0.1) is 34.9 Å². The summed E-state index contributed by atoms with van der Waals surface area (Å²) in [6, 6.07) is 15.8. The van der Waals surface area contributed by atoms with Gasteiger partial charge < -0.3 is 5.11 Å². The summed E-state index contributed by atoms with van der Waals surface area (Å²) in [5.41, 5.74) is 6.00. The third-order valence-corrected chi connectivity index (χ3v) is 8.63. The number of hydrogen-bond acceptors (Lipinski definition) is 4. The first-order chi connectivity index (χ1) is 20.6. The van der Waals surface area contributed by atoms with Crippen LogP contribution in [0.25, 0.3) is 32.9 Å². The summed E-state index contributed by atoms with van der Waals surface area (Å²) in [6.45, 7) is 23.3. The molecule has 4 rings (SSSR count). The molecule has 0 atom stereocenters. The van der Waals surface area contributed by atoms with Gasteiger partial charge in [0, 0.05) is 45.1 Å². The summed E-state index contributed by atoms with van der Waals surface area (Å²) in [5.74, 6) is -1.38. The number of nitrogens with zero attached hydrogens (tertiary/aromatic N) is 2. The zero-order chi connectivity index (χ0) is 34.1. The molecule has 5 heteroatoms. The zero-order valence-corrected chi connectivity index (χ0v) is 31.0. The minimum atomic E-state index is -0.828. The predicted octanol–water partition coefficient (Wildman–Crippen LogP) is 11.0. The van der Waals surface area contributed by atoms with E-state index >= 15 is 0 Å². The zero-order valence-electron chi connectivity index (χ0n) is 30.6. The number of carbonyl (C=O) groups is 1. The van der Waals surface area contributed by atoms with E-state index in [-0.39, 0.29) is 42.5 Å². The van der Waals surface area contributed by atoms with E-state index in [4.69, 9.17) is 2.74 Å². The average Bonchev–Trinajstić information content (AvgIpc) is 2.94. The van der Waals surface area contributed by atoms with Crippen LogP contribution in [0.15, 0.2) is 54.6 Å². The van der Waals surface area contributed by atoms with Crippen molar-refractivity contribution in [3.63, 3.8) is 0 Å². The molecule has 4 nitrogen and oxygen atoms in total. The molecular formula is C39H51IrN2O2-. The van der Waals surface area contributed by atoms with Crippen LogP contribution in [-0.4, -0.2) is 20.9 Å². The number of rotatable bonds is 8. The van der Waals surface area contributed by atoms with Crippen molar-refractivity contribution in [1.82, 2.24) is 9.97 Å². The Balaban J connectivity index is 0.000000394. The minimum Gasteiger partial charge on any atom is -0.512 e. The SMILES string of the molecule is CCC(C)(C)C(=O)/C=C(\O)C(C)(C)CC.[2H]C(C)(C)c1cc(C([2H])(C)C)c2c(ccc3c(-c4[c-]c(C)cc(C)c4)ncnc32)c1.[Ir]. The van der Waals surface area contributed by atoms with E-state index in [0.29, 0.717) is 0 Å². The maximum absolute atomic E-state index is 11.8. The van der Waals surface area contributed by atoms with Crippen molar-refractivity contribution in [2.24, 2.45) is 10.8 Å². The first kappa shape index (κ1) is 34.0. The Bertz CT molecular complexity index is 1730. The van der Waals surface area contributed by atoms with E-state index in [2.05, 4.69) is 53.3 Å². The third-order valence-electron chi connectivity index (χ3n) is 8.63. The first-order valence-electron chi connectivity index (χ1n) is 16.3. The summed E-state index contributed by atoms with van der Waals surface area (Å²) >= 11 is 0. The maximum atomic E-state index is 11.8. The van der Waals surface area contributed by atoms with Gasteiger partial charge in [0.25, 0.3) is 0 Å². The van der Waals surface area contributed by atoms with Crippen molar-refractivity contribution in [2.75, 3.05) is 0 Å². The molecule has 0 aliphatic rings. The van der Waals surface area contributed by atoms with Crippen LogP contribution in [-0.2, 0) is 24.9 Å². The largest absolute Gasteiger partial charge is 0.512 e. The summed E-state index contributed by atoms with van der Waals surface area (Å²) in [7, 11) is 0. The van der Waals surface area contributed by atoms with Crippen molar-refractivity contribution in [3.05, 3.63) is 82.9 Å². The Hall–Kier alpha value is -2.88. The molecule has 0 amide bonds. The van der Waals surface area contributed by atoms with E-state index in [1.807, 2.05) is 82.2 Å². The Morgan fingerprint density at radius 1 is 0.955 bits per heavy atom. The van der Waals surface area contributed by atoms with Crippen molar-refractivity contribution in [1.29, 1.82) is 0 Å². The number of ketones is 1. The molecule has 0 aliphatic heterocycles. The number of benzene rings is 3. The molecule has 1 heterocycles. The standard InChI is InChI=1S/C26H27N2.C13H24O2.Ir/c1-15(2)20-12-19-7-8-22-25(21-10-17(5)9-18(6)11-21)27-14-28-26(22)24(19)23(13-20)16(3)4;1-7-12(3,4)10(14)9-11(15)13(5,6)8-2;/h7-10,12-16H,1-6H3;9,14H,7-8H2,1-6H3;/q-1;;/b;10-9-;/i15D,16D;;. The number of allylic oxidation sites excluding steroid dienone is 2. The van der Waals surface area contributed by atoms with Crippen LogP contribution in [0.5, 0.6) is 0 Å². The molecule has 0 saturated heterocycles. The summed E-state index contributed by atoms with van der Waals surface area (Å²) in [5, 5.41) is 12.8. The fraction of sp³-hybridized carbons (Fsp3) is 0.462. The number of fused-ring (bicyclic) bond motifs is 3. The van der Waals surface area contributed by atoms with Gasteiger partial charge in [-0.1, -0.05) is 107 Å². The van der Waals surface area contributed by atoms with E-state index in [9.17, 15) is 9.90 Å². The molecule has 0 saturated carbocycles. The van der Waals surface area contributed by atoms with Gasteiger partial charge in [-0.3, -0.25) is 9.78 Å². The van der Waals surface area contributed by atoms with Gasteiger partial charge in [0.15, 0.2) is 5.78 Å². The summed E-state index contributed by atoms with van der Waals surface area (Å²) in [6.07, 6.45) is 4.59. The van der Waals surface area contributed by atoms with Crippen LogP contribution in [0.1, 0.15) is 119 Å². The van der Waals surface area contributed by atoms with Gasteiger partial charge in [0.05, 0.1) is 5.52 Å². The fourth-order valence-corrected chi connectivity index (χ4v) is 4.78. The van der Waals surface area contributed by atoms with E-state index in [1.165, 1.54) is 11.6 Å². The quantitative estimate of drug-likeness (QED) is 0.0838. The van der Waals surface area contributed by atoms with E-state index in [0.717, 1.165) is 62.5 Å². The van der Waals surface area contributed by atoms with Gasteiger partial charge in [0.2, 0.25) is 0 Å². The Kier molecular flexibility index (Phi) is 11.5. The maximum Gasteiger partial charge on any atom is 0.164 e.